The Kier molecular flexibility index (Phi) is 3.45. The maximum Gasteiger partial charge on any atom is 0.223 e. The average molecular weight is 259 g/mol. The van der Waals surface area contributed by atoms with Gasteiger partial charge in [-0.1, -0.05) is 18.6 Å². The lowest BCUT2D eigenvalue weighted by Gasteiger charge is -2.20. The zero-order chi connectivity index (χ0) is 13.2. The Hall–Kier alpha value is -1.51. The number of benzene rings is 1. The SMILES string of the molecule is COc1ccc(CNC(=O)C2CC3CCC2C3)cc1. The van der Waals surface area contributed by atoms with Gasteiger partial charge in [0.15, 0.2) is 0 Å². The number of amides is 1. The molecule has 0 aromatic heterocycles. The first-order chi connectivity index (χ1) is 9.26. The summed E-state index contributed by atoms with van der Waals surface area (Å²) in [6.45, 7) is 0.622. The molecule has 2 fully saturated rings. The van der Waals surface area contributed by atoms with E-state index in [1.807, 2.05) is 24.3 Å². The normalized spacial score (nSPS) is 28.4. The van der Waals surface area contributed by atoms with Crippen LogP contribution in [0.2, 0.25) is 0 Å². The van der Waals surface area contributed by atoms with E-state index in [1.54, 1.807) is 7.11 Å². The molecule has 2 saturated carbocycles. The van der Waals surface area contributed by atoms with E-state index >= 15 is 0 Å². The molecule has 3 nitrogen and oxygen atoms in total. The Bertz CT molecular complexity index is 454. The number of rotatable bonds is 4. The van der Waals surface area contributed by atoms with E-state index in [2.05, 4.69) is 5.32 Å². The van der Waals surface area contributed by atoms with Crippen LogP contribution in [-0.4, -0.2) is 13.0 Å². The van der Waals surface area contributed by atoms with Crippen molar-refractivity contribution in [1.82, 2.24) is 5.32 Å². The molecule has 3 rings (SSSR count). The van der Waals surface area contributed by atoms with Crippen LogP contribution in [0, 0.1) is 17.8 Å². The fourth-order valence-corrected chi connectivity index (χ4v) is 3.63. The number of hydrogen-bond acceptors (Lipinski definition) is 2. The van der Waals surface area contributed by atoms with Crippen LogP contribution < -0.4 is 10.1 Å². The third-order valence-corrected chi connectivity index (χ3v) is 4.70. The van der Waals surface area contributed by atoms with Gasteiger partial charge in [0.2, 0.25) is 5.91 Å². The van der Waals surface area contributed by atoms with Crippen molar-refractivity contribution in [2.24, 2.45) is 17.8 Å². The van der Waals surface area contributed by atoms with Gasteiger partial charge in [-0.3, -0.25) is 4.79 Å². The monoisotopic (exact) mass is 259 g/mol. The molecule has 19 heavy (non-hydrogen) atoms. The van der Waals surface area contributed by atoms with E-state index in [4.69, 9.17) is 4.74 Å². The van der Waals surface area contributed by atoms with Crippen molar-refractivity contribution < 1.29 is 9.53 Å². The van der Waals surface area contributed by atoms with Crippen LogP contribution in [0.3, 0.4) is 0 Å². The van der Waals surface area contributed by atoms with E-state index in [-0.39, 0.29) is 11.8 Å². The van der Waals surface area contributed by atoms with Gasteiger partial charge < -0.3 is 10.1 Å². The lowest BCUT2D eigenvalue weighted by Crippen LogP contribution is -2.33. The summed E-state index contributed by atoms with van der Waals surface area (Å²) in [6.07, 6.45) is 4.98. The fraction of sp³-hybridized carbons (Fsp3) is 0.562. The molecule has 1 amide bonds. The maximum atomic E-state index is 12.2. The van der Waals surface area contributed by atoms with Crippen LogP contribution in [-0.2, 0) is 11.3 Å². The minimum Gasteiger partial charge on any atom is -0.497 e. The smallest absolute Gasteiger partial charge is 0.223 e. The van der Waals surface area contributed by atoms with E-state index < -0.39 is 0 Å². The molecular formula is C16H21NO2. The molecule has 0 saturated heterocycles. The van der Waals surface area contributed by atoms with Gasteiger partial charge in [0, 0.05) is 12.5 Å². The molecule has 3 heteroatoms. The van der Waals surface area contributed by atoms with E-state index in [0.717, 1.165) is 23.7 Å². The Morgan fingerprint density at radius 1 is 1.26 bits per heavy atom. The third kappa shape index (κ3) is 2.60. The molecule has 3 atom stereocenters. The Morgan fingerprint density at radius 2 is 2.05 bits per heavy atom. The molecule has 102 valence electrons. The molecule has 0 heterocycles. The number of fused-ring (bicyclic) bond motifs is 2. The number of hydrogen-bond donors (Lipinski definition) is 1. The van der Waals surface area contributed by atoms with Gasteiger partial charge in [0.1, 0.15) is 5.75 Å². The zero-order valence-electron chi connectivity index (χ0n) is 11.4. The molecule has 2 bridgehead atoms. The first-order valence-electron chi connectivity index (χ1n) is 7.17. The van der Waals surface area contributed by atoms with Gasteiger partial charge in [-0.2, -0.15) is 0 Å². The molecule has 1 aromatic rings. The number of carbonyl (C=O) groups is 1. The van der Waals surface area contributed by atoms with Gasteiger partial charge in [-0.15, -0.1) is 0 Å². The fourth-order valence-electron chi connectivity index (χ4n) is 3.63. The molecule has 2 aliphatic rings. The lowest BCUT2D eigenvalue weighted by molar-refractivity contribution is -0.126. The molecule has 1 aromatic carbocycles. The van der Waals surface area contributed by atoms with Crippen molar-refractivity contribution in [3.63, 3.8) is 0 Å². The van der Waals surface area contributed by atoms with Crippen LogP contribution in [0.1, 0.15) is 31.2 Å². The molecule has 0 aliphatic heterocycles. The minimum atomic E-state index is 0.253. The summed E-state index contributed by atoms with van der Waals surface area (Å²) in [5.74, 6) is 2.85. The van der Waals surface area contributed by atoms with Crippen molar-refractivity contribution in [2.75, 3.05) is 7.11 Å². The van der Waals surface area contributed by atoms with E-state index in [1.165, 1.54) is 19.3 Å². The number of carbonyl (C=O) groups excluding carboxylic acids is 1. The highest BCUT2D eigenvalue weighted by molar-refractivity contribution is 5.79. The van der Waals surface area contributed by atoms with Crippen LogP contribution in [0.15, 0.2) is 24.3 Å². The van der Waals surface area contributed by atoms with Gasteiger partial charge in [-0.25, -0.2) is 0 Å². The highest BCUT2D eigenvalue weighted by Crippen LogP contribution is 2.48. The second-order valence-electron chi connectivity index (χ2n) is 5.85. The lowest BCUT2D eigenvalue weighted by atomic mass is 9.88. The summed E-state index contributed by atoms with van der Waals surface area (Å²) < 4.78 is 5.12. The van der Waals surface area contributed by atoms with Crippen molar-refractivity contribution >= 4 is 5.91 Å². The van der Waals surface area contributed by atoms with Crippen LogP contribution in [0.4, 0.5) is 0 Å². The third-order valence-electron chi connectivity index (χ3n) is 4.70. The molecule has 3 unspecified atom stereocenters. The van der Waals surface area contributed by atoms with E-state index in [0.29, 0.717) is 12.5 Å². The zero-order valence-corrected chi connectivity index (χ0v) is 11.4. The van der Waals surface area contributed by atoms with Gasteiger partial charge in [-0.05, 0) is 48.8 Å². The first-order valence-corrected chi connectivity index (χ1v) is 7.17. The average Bonchev–Trinajstić information content (AvgIpc) is 3.08. The Labute approximate surface area is 114 Å². The summed E-state index contributed by atoms with van der Waals surface area (Å²) >= 11 is 0. The molecule has 2 aliphatic carbocycles. The topological polar surface area (TPSA) is 38.3 Å². The molecule has 1 N–H and O–H groups in total. The van der Waals surface area contributed by atoms with E-state index in [9.17, 15) is 4.79 Å². The largest absolute Gasteiger partial charge is 0.497 e. The maximum absolute atomic E-state index is 12.2. The molecule has 0 radical (unpaired) electrons. The van der Waals surface area contributed by atoms with Crippen molar-refractivity contribution in [1.29, 1.82) is 0 Å². The van der Waals surface area contributed by atoms with Gasteiger partial charge in [0.05, 0.1) is 7.11 Å². The Morgan fingerprint density at radius 3 is 2.63 bits per heavy atom. The predicted octanol–water partition coefficient (Wildman–Crippen LogP) is 2.75. The summed E-state index contributed by atoms with van der Waals surface area (Å²) in [6, 6.07) is 7.86. The number of nitrogens with one attached hydrogen (secondary N) is 1. The van der Waals surface area contributed by atoms with Gasteiger partial charge >= 0.3 is 0 Å². The summed E-state index contributed by atoms with van der Waals surface area (Å²) in [4.78, 5) is 12.2. The van der Waals surface area contributed by atoms with Crippen LogP contribution in [0.25, 0.3) is 0 Å². The van der Waals surface area contributed by atoms with Crippen molar-refractivity contribution in [2.45, 2.75) is 32.2 Å². The first kappa shape index (κ1) is 12.5. The molecule has 0 spiro atoms. The van der Waals surface area contributed by atoms with Crippen molar-refractivity contribution in [3.05, 3.63) is 29.8 Å². The van der Waals surface area contributed by atoms with Crippen LogP contribution in [0.5, 0.6) is 5.75 Å². The Balaban J connectivity index is 1.52. The highest BCUT2D eigenvalue weighted by atomic mass is 16.5. The standard InChI is InChI=1S/C16H21NO2/c1-19-14-6-3-11(4-7-14)10-17-16(18)15-9-12-2-5-13(15)8-12/h3-4,6-7,12-13,15H,2,5,8-10H2,1H3,(H,17,18). The second kappa shape index (κ2) is 5.24. The number of methoxy groups -OCH3 is 1. The van der Waals surface area contributed by atoms with Crippen molar-refractivity contribution in [3.8, 4) is 5.75 Å². The summed E-state index contributed by atoms with van der Waals surface area (Å²) in [5, 5.41) is 3.08. The highest BCUT2D eigenvalue weighted by Gasteiger charge is 2.42. The quantitative estimate of drug-likeness (QED) is 0.903. The summed E-state index contributed by atoms with van der Waals surface area (Å²) in [7, 11) is 1.66. The minimum absolute atomic E-state index is 0.253. The summed E-state index contributed by atoms with van der Waals surface area (Å²) in [5.41, 5.74) is 1.12. The second-order valence-corrected chi connectivity index (χ2v) is 5.85. The predicted molar refractivity (Wildman–Crippen MR) is 73.8 cm³/mol. The van der Waals surface area contributed by atoms with Gasteiger partial charge in [0.25, 0.3) is 0 Å². The number of ether oxygens (including phenoxy) is 1. The molecular weight excluding hydrogens is 238 g/mol. The van der Waals surface area contributed by atoms with Crippen LogP contribution >= 0.6 is 0 Å².